The molecule has 0 N–H and O–H groups in total. The maximum absolute atomic E-state index is 12.6. The molecule has 3 atom stereocenters. The number of hydrogen-bond acceptors (Lipinski definition) is 8. The predicted molar refractivity (Wildman–Crippen MR) is 167 cm³/mol. The van der Waals surface area contributed by atoms with E-state index in [1.165, 1.54) is 22.5 Å². The number of aromatic nitrogens is 2. The topological polar surface area (TPSA) is 78.6 Å². The van der Waals surface area contributed by atoms with E-state index in [4.69, 9.17) is 26.0 Å². The molecule has 3 aliphatic rings. The SMILES string of the molecule is [C-]#[N+]C[C@H]1CN(c2nc(OC[C@@H]3C[C@@H](OC)CN3C)nc3c2CCN(c2cccc4ccccc24)C3)CCN1C(=O)C=C. The molecule has 43 heavy (non-hydrogen) atoms. The molecule has 1 amide bonds. The fourth-order valence-corrected chi connectivity index (χ4v) is 6.69. The first kappa shape index (κ1) is 28.9. The van der Waals surface area contributed by atoms with Crippen molar-refractivity contribution < 1.29 is 14.3 Å². The van der Waals surface area contributed by atoms with Gasteiger partial charge in [0.15, 0.2) is 0 Å². The zero-order valence-electron chi connectivity index (χ0n) is 25.0. The molecule has 0 saturated carbocycles. The maximum atomic E-state index is 12.6. The molecule has 0 unspecified atom stereocenters. The Morgan fingerprint density at radius 2 is 1.93 bits per heavy atom. The molecule has 2 fully saturated rings. The van der Waals surface area contributed by atoms with Crippen molar-refractivity contribution in [2.24, 2.45) is 0 Å². The molecule has 3 aromatic rings. The zero-order chi connectivity index (χ0) is 29.9. The summed E-state index contributed by atoms with van der Waals surface area (Å²) in [6.45, 7) is 15.9. The quantitative estimate of drug-likeness (QED) is 0.296. The van der Waals surface area contributed by atoms with E-state index >= 15 is 0 Å². The summed E-state index contributed by atoms with van der Waals surface area (Å²) >= 11 is 0. The van der Waals surface area contributed by atoms with Crippen LogP contribution in [-0.4, -0.2) is 104 Å². The standard InChI is InChI=1S/C33H39N7O3/c1-5-31(41)40-16-15-39(19-25(40)18-34-2)32-28-13-14-38(30-12-8-10-23-9-6-7-11-27(23)30)21-29(28)35-33(36-32)43-22-24-17-26(42-4)20-37(24)3/h5-12,24-26H,1,13-22H2,3-4H3/t24-,25-,26+/m0/s1. The predicted octanol–water partition coefficient (Wildman–Crippen LogP) is 3.41. The fourth-order valence-electron chi connectivity index (χ4n) is 6.69. The van der Waals surface area contributed by atoms with Gasteiger partial charge >= 0.3 is 6.01 Å². The van der Waals surface area contributed by atoms with Crippen LogP contribution in [0.2, 0.25) is 0 Å². The molecule has 3 aliphatic heterocycles. The summed E-state index contributed by atoms with van der Waals surface area (Å²) in [5, 5.41) is 2.44. The molecular formula is C33H39N7O3. The lowest BCUT2D eigenvalue weighted by atomic mass is 10.0. The van der Waals surface area contributed by atoms with Crippen molar-refractivity contribution in [1.29, 1.82) is 0 Å². The number of rotatable bonds is 8. The molecule has 4 heterocycles. The van der Waals surface area contributed by atoms with E-state index in [0.29, 0.717) is 38.8 Å². The number of likely N-dealkylation sites (N-methyl/N-ethyl adjacent to an activating group) is 1. The summed E-state index contributed by atoms with van der Waals surface area (Å²) in [7, 11) is 3.85. The first-order valence-electron chi connectivity index (χ1n) is 15.0. The summed E-state index contributed by atoms with van der Waals surface area (Å²) in [5.74, 6) is 0.718. The number of ether oxygens (including phenoxy) is 2. The molecule has 10 nitrogen and oxygen atoms in total. The highest BCUT2D eigenvalue weighted by Crippen LogP contribution is 2.35. The number of nitrogens with zero attached hydrogens (tertiary/aromatic N) is 7. The minimum Gasteiger partial charge on any atom is -0.462 e. The van der Waals surface area contributed by atoms with E-state index in [9.17, 15) is 4.79 Å². The Morgan fingerprint density at radius 3 is 2.72 bits per heavy atom. The van der Waals surface area contributed by atoms with Gasteiger partial charge in [0.05, 0.1) is 18.3 Å². The van der Waals surface area contributed by atoms with Gasteiger partial charge in [0, 0.05) is 62.5 Å². The minimum absolute atomic E-state index is 0.136. The summed E-state index contributed by atoms with van der Waals surface area (Å²) in [5.41, 5.74) is 3.27. The molecule has 0 bridgehead atoms. The molecule has 1 aromatic heterocycles. The summed E-state index contributed by atoms with van der Waals surface area (Å²) in [6, 6.07) is 15.3. The molecule has 0 spiro atoms. The summed E-state index contributed by atoms with van der Waals surface area (Å²) in [4.78, 5) is 34.8. The number of likely N-dealkylation sites (tertiary alicyclic amines) is 1. The smallest absolute Gasteiger partial charge is 0.318 e. The summed E-state index contributed by atoms with van der Waals surface area (Å²) in [6.07, 6.45) is 3.22. The average Bonchev–Trinajstić information content (AvgIpc) is 3.41. The number of fused-ring (bicyclic) bond motifs is 2. The van der Waals surface area contributed by atoms with E-state index < -0.39 is 0 Å². The van der Waals surface area contributed by atoms with Gasteiger partial charge in [0.2, 0.25) is 12.5 Å². The van der Waals surface area contributed by atoms with Crippen molar-refractivity contribution in [3.63, 3.8) is 0 Å². The van der Waals surface area contributed by atoms with Gasteiger partial charge < -0.3 is 29.0 Å². The first-order chi connectivity index (χ1) is 21.0. The molecule has 0 radical (unpaired) electrons. The second kappa shape index (κ2) is 12.6. The lowest BCUT2D eigenvalue weighted by Gasteiger charge is -2.41. The van der Waals surface area contributed by atoms with Crippen LogP contribution in [0.15, 0.2) is 55.1 Å². The van der Waals surface area contributed by atoms with Crippen LogP contribution in [0.3, 0.4) is 0 Å². The van der Waals surface area contributed by atoms with Crippen LogP contribution in [0.1, 0.15) is 17.7 Å². The van der Waals surface area contributed by atoms with Crippen LogP contribution in [0.5, 0.6) is 6.01 Å². The number of piperazine rings is 1. The van der Waals surface area contributed by atoms with E-state index in [1.807, 2.05) is 0 Å². The largest absolute Gasteiger partial charge is 0.462 e. The first-order valence-corrected chi connectivity index (χ1v) is 15.0. The molecule has 224 valence electrons. The second-order valence-corrected chi connectivity index (χ2v) is 11.6. The van der Waals surface area contributed by atoms with Gasteiger partial charge in [-0.1, -0.05) is 43.0 Å². The number of carbonyl (C=O) groups is 1. The van der Waals surface area contributed by atoms with Crippen molar-refractivity contribution in [2.45, 2.75) is 37.6 Å². The number of carbonyl (C=O) groups excluding carboxylic acids is 1. The third-order valence-electron chi connectivity index (χ3n) is 9.06. The zero-order valence-corrected chi connectivity index (χ0v) is 25.0. The Bertz CT molecular complexity index is 1530. The Balaban J connectivity index is 1.32. The minimum atomic E-state index is -0.236. The molecule has 10 heteroatoms. The van der Waals surface area contributed by atoms with Crippen LogP contribution in [-0.2, 0) is 22.5 Å². The van der Waals surface area contributed by atoms with Crippen LogP contribution in [0, 0.1) is 6.57 Å². The third-order valence-corrected chi connectivity index (χ3v) is 9.06. The van der Waals surface area contributed by atoms with Crippen molar-refractivity contribution in [1.82, 2.24) is 19.8 Å². The molecule has 2 aromatic carbocycles. The van der Waals surface area contributed by atoms with E-state index in [1.54, 1.807) is 12.0 Å². The van der Waals surface area contributed by atoms with E-state index in [0.717, 1.165) is 43.0 Å². The van der Waals surface area contributed by atoms with Crippen molar-refractivity contribution >= 4 is 28.2 Å². The van der Waals surface area contributed by atoms with Gasteiger partial charge in [-0.15, -0.1) is 0 Å². The van der Waals surface area contributed by atoms with Crippen LogP contribution in [0.25, 0.3) is 15.6 Å². The molecule has 6 rings (SSSR count). The average molecular weight is 582 g/mol. The number of methoxy groups -OCH3 is 1. The Morgan fingerprint density at radius 1 is 1.09 bits per heavy atom. The summed E-state index contributed by atoms with van der Waals surface area (Å²) < 4.78 is 11.9. The van der Waals surface area contributed by atoms with Crippen LogP contribution >= 0.6 is 0 Å². The van der Waals surface area contributed by atoms with Crippen molar-refractivity contribution in [3.8, 4) is 6.01 Å². The van der Waals surface area contributed by atoms with Gasteiger partial charge in [-0.2, -0.15) is 9.97 Å². The number of anilines is 2. The molecule has 0 aliphatic carbocycles. The normalized spacial score (nSPS) is 22.3. The monoisotopic (exact) mass is 581 g/mol. The highest BCUT2D eigenvalue weighted by molar-refractivity contribution is 5.94. The lowest BCUT2D eigenvalue weighted by molar-refractivity contribution is -0.128. The van der Waals surface area contributed by atoms with Crippen molar-refractivity contribution in [3.05, 3.63) is 77.8 Å². The number of amides is 1. The van der Waals surface area contributed by atoms with Gasteiger partial charge in [-0.25, -0.2) is 6.57 Å². The maximum Gasteiger partial charge on any atom is 0.318 e. The molecular weight excluding hydrogens is 542 g/mol. The van der Waals surface area contributed by atoms with Gasteiger partial charge in [-0.05, 0) is 37.4 Å². The van der Waals surface area contributed by atoms with E-state index in [-0.39, 0.29) is 30.6 Å². The second-order valence-electron chi connectivity index (χ2n) is 11.6. The van der Waals surface area contributed by atoms with Crippen LogP contribution in [0.4, 0.5) is 11.5 Å². The van der Waals surface area contributed by atoms with Gasteiger partial charge in [0.1, 0.15) is 18.5 Å². The Kier molecular flexibility index (Phi) is 8.45. The highest BCUT2D eigenvalue weighted by Gasteiger charge is 2.35. The lowest BCUT2D eigenvalue weighted by Crippen LogP contribution is -2.56. The molecule has 2 saturated heterocycles. The van der Waals surface area contributed by atoms with Gasteiger partial charge in [0.25, 0.3) is 0 Å². The van der Waals surface area contributed by atoms with E-state index in [2.05, 4.69) is 75.6 Å². The number of benzene rings is 2. The van der Waals surface area contributed by atoms with Crippen molar-refractivity contribution in [2.75, 3.05) is 69.8 Å². The Hall–Kier alpha value is -4.20. The third kappa shape index (κ3) is 5.88. The number of hydrogen-bond donors (Lipinski definition) is 0. The fraction of sp³-hybridized carbons (Fsp3) is 0.455. The van der Waals surface area contributed by atoms with Gasteiger partial charge in [-0.3, -0.25) is 9.69 Å². The Labute approximate surface area is 253 Å². The highest BCUT2D eigenvalue weighted by atomic mass is 16.5. The van der Waals surface area contributed by atoms with Crippen LogP contribution < -0.4 is 14.5 Å².